The van der Waals surface area contributed by atoms with Gasteiger partial charge in [0, 0.05) is 13.2 Å². The predicted molar refractivity (Wildman–Crippen MR) is 82.8 cm³/mol. The molecule has 0 amide bonds. The van der Waals surface area contributed by atoms with Crippen LogP contribution in [0.4, 0.5) is 4.39 Å². The fourth-order valence-corrected chi connectivity index (χ4v) is 2.66. The summed E-state index contributed by atoms with van der Waals surface area (Å²) in [5, 5.41) is 3.70. The quantitative estimate of drug-likeness (QED) is 0.782. The highest BCUT2D eigenvalue weighted by Crippen LogP contribution is 2.20. The normalized spacial score (nSPS) is 14.6. The van der Waals surface area contributed by atoms with E-state index in [-0.39, 0.29) is 23.0 Å². The summed E-state index contributed by atoms with van der Waals surface area (Å²) in [7, 11) is 1.74. The average Bonchev–Trinajstić information content (AvgIpc) is 2.40. The van der Waals surface area contributed by atoms with E-state index >= 15 is 0 Å². The van der Waals surface area contributed by atoms with Gasteiger partial charge >= 0.3 is 0 Å². The molecule has 0 radical (unpaired) electrons. The molecule has 0 aromatic heterocycles. The van der Waals surface area contributed by atoms with Gasteiger partial charge in [-0.1, -0.05) is 38.4 Å². The zero-order valence-corrected chi connectivity index (χ0v) is 13.5. The predicted octanol–water partition coefficient (Wildman–Crippen LogP) is 4.06. The number of hydrogen-bond acceptors (Lipinski definition) is 2. The third kappa shape index (κ3) is 5.04. The molecule has 1 rings (SSSR count). The maximum Gasteiger partial charge on any atom is 0.141 e. The van der Waals surface area contributed by atoms with Crippen molar-refractivity contribution in [3.05, 3.63) is 34.6 Å². The van der Waals surface area contributed by atoms with Crippen LogP contribution >= 0.6 is 11.6 Å². The molecule has 2 nitrogen and oxygen atoms in total. The molecule has 4 heteroatoms. The van der Waals surface area contributed by atoms with E-state index in [2.05, 4.69) is 26.1 Å². The maximum absolute atomic E-state index is 13.2. The number of hydrogen-bond donors (Lipinski definition) is 1. The van der Waals surface area contributed by atoms with E-state index in [1.165, 1.54) is 6.07 Å². The summed E-state index contributed by atoms with van der Waals surface area (Å²) in [4.78, 5) is 0. The van der Waals surface area contributed by atoms with Gasteiger partial charge in [-0.2, -0.15) is 0 Å². The van der Waals surface area contributed by atoms with E-state index in [0.717, 1.165) is 24.9 Å². The molecule has 0 aliphatic heterocycles. The number of ether oxygens (including phenoxy) is 1. The van der Waals surface area contributed by atoms with Crippen molar-refractivity contribution in [2.45, 2.75) is 45.8 Å². The van der Waals surface area contributed by atoms with Crippen LogP contribution in [-0.4, -0.2) is 25.8 Å². The van der Waals surface area contributed by atoms with Crippen molar-refractivity contribution in [2.24, 2.45) is 5.92 Å². The number of benzene rings is 1. The number of rotatable bonds is 8. The third-order valence-corrected chi connectivity index (χ3v) is 3.71. The van der Waals surface area contributed by atoms with Crippen molar-refractivity contribution in [3.63, 3.8) is 0 Å². The highest BCUT2D eigenvalue weighted by Gasteiger charge is 2.24. The van der Waals surface area contributed by atoms with Crippen LogP contribution in [0.3, 0.4) is 0 Å². The van der Waals surface area contributed by atoms with Crippen LogP contribution in [0.15, 0.2) is 18.2 Å². The molecule has 2 atom stereocenters. The van der Waals surface area contributed by atoms with E-state index in [4.69, 9.17) is 16.3 Å². The minimum Gasteiger partial charge on any atom is -0.380 e. The van der Waals surface area contributed by atoms with Gasteiger partial charge in [0.2, 0.25) is 0 Å². The maximum atomic E-state index is 13.2. The Morgan fingerprint density at radius 2 is 2.05 bits per heavy atom. The molecular weight excluding hydrogens is 277 g/mol. The Labute approximate surface area is 126 Å². The Kier molecular flexibility index (Phi) is 7.49. The Morgan fingerprint density at radius 3 is 2.55 bits per heavy atom. The lowest BCUT2D eigenvalue weighted by molar-refractivity contribution is 0.0332. The van der Waals surface area contributed by atoms with E-state index in [1.807, 2.05) is 0 Å². The first-order chi connectivity index (χ1) is 9.49. The zero-order chi connectivity index (χ0) is 15.1. The molecule has 0 bridgehead atoms. The van der Waals surface area contributed by atoms with Crippen molar-refractivity contribution in [1.29, 1.82) is 0 Å². The standard InChI is InChI=1S/C16H25ClFNO/c1-5-8-19-15(16(20-4)11(2)3)10-12-6-7-14(18)13(17)9-12/h6-7,9,11,15-16,19H,5,8,10H2,1-4H3. The lowest BCUT2D eigenvalue weighted by atomic mass is 9.93. The largest absolute Gasteiger partial charge is 0.380 e. The SMILES string of the molecule is CCCNC(Cc1ccc(F)c(Cl)c1)C(OC)C(C)C. The molecule has 0 spiro atoms. The fraction of sp³-hybridized carbons (Fsp3) is 0.625. The van der Waals surface area contributed by atoms with E-state index < -0.39 is 0 Å². The van der Waals surface area contributed by atoms with Crippen LogP contribution < -0.4 is 5.32 Å². The van der Waals surface area contributed by atoms with Gasteiger partial charge in [-0.05, 0) is 43.0 Å². The summed E-state index contributed by atoms with van der Waals surface area (Å²) in [6.45, 7) is 7.36. The van der Waals surface area contributed by atoms with Crippen LogP contribution in [0.2, 0.25) is 5.02 Å². The second kappa shape index (κ2) is 8.60. The fourth-order valence-electron chi connectivity index (χ4n) is 2.46. The second-order valence-electron chi connectivity index (χ2n) is 5.46. The summed E-state index contributed by atoms with van der Waals surface area (Å²) in [5.41, 5.74) is 1.02. The summed E-state index contributed by atoms with van der Waals surface area (Å²) in [6, 6.07) is 5.10. The van der Waals surface area contributed by atoms with Crippen LogP contribution in [0.5, 0.6) is 0 Å². The molecule has 0 heterocycles. The Hall–Kier alpha value is -0.640. The van der Waals surface area contributed by atoms with Crippen LogP contribution in [0.25, 0.3) is 0 Å². The second-order valence-corrected chi connectivity index (χ2v) is 5.86. The molecular formula is C16H25ClFNO. The molecule has 0 saturated carbocycles. The van der Waals surface area contributed by atoms with Gasteiger partial charge < -0.3 is 10.1 Å². The van der Waals surface area contributed by atoms with E-state index in [9.17, 15) is 4.39 Å². The Bertz CT molecular complexity index is 411. The van der Waals surface area contributed by atoms with Crippen molar-refractivity contribution in [2.75, 3.05) is 13.7 Å². The molecule has 0 aliphatic rings. The number of nitrogens with one attached hydrogen (secondary N) is 1. The van der Waals surface area contributed by atoms with E-state index in [1.54, 1.807) is 19.2 Å². The van der Waals surface area contributed by atoms with Crippen molar-refractivity contribution in [1.82, 2.24) is 5.32 Å². The molecule has 1 aromatic carbocycles. The van der Waals surface area contributed by atoms with Crippen molar-refractivity contribution < 1.29 is 9.13 Å². The summed E-state index contributed by atoms with van der Waals surface area (Å²) in [6.07, 6.45) is 1.96. The average molecular weight is 302 g/mol. The van der Waals surface area contributed by atoms with Gasteiger partial charge in [0.1, 0.15) is 5.82 Å². The Balaban J connectivity index is 2.84. The van der Waals surface area contributed by atoms with Gasteiger partial charge in [0.15, 0.2) is 0 Å². The van der Waals surface area contributed by atoms with Gasteiger partial charge in [-0.3, -0.25) is 0 Å². The van der Waals surface area contributed by atoms with Gasteiger partial charge in [-0.25, -0.2) is 4.39 Å². The molecule has 20 heavy (non-hydrogen) atoms. The minimum atomic E-state index is -0.374. The summed E-state index contributed by atoms with van der Waals surface area (Å²) < 4.78 is 18.8. The molecule has 114 valence electrons. The van der Waals surface area contributed by atoms with Crippen molar-refractivity contribution >= 4 is 11.6 Å². The number of halogens is 2. The highest BCUT2D eigenvalue weighted by atomic mass is 35.5. The van der Waals surface area contributed by atoms with Crippen molar-refractivity contribution in [3.8, 4) is 0 Å². The summed E-state index contributed by atoms with van der Waals surface area (Å²) >= 11 is 5.85. The molecule has 0 aliphatic carbocycles. The Morgan fingerprint density at radius 1 is 1.35 bits per heavy atom. The molecule has 1 aromatic rings. The molecule has 0 saturated heterocycles. The van der Waals surface area contributed by atoms with Gasteiger partial charge in [0.25, 0.3) is 0 Å². The molecule has 2 unspecified atom stereocenters. The van der Waals surface area contributed by atoms with Gasteiger partial charge in [0.05, 0.1) is 11.1 Å². The third-order valence-electron chi connectivity index (χ3n) is 3.42. The van der Waals surface area contributed by atoms with Crippen LogP contribution in [0.1, 0.15) is 32.8 Å². The zero-order valence-electron chi connectivity index (χ0n) is 12.7. The van der Waals surface area contributed by atoms with Gasteiger partial charge in [-0.15, -0.1) is 0 Å². The lowest BCUT2D eigenvalue weighted by Gasteiger charge is -2.30. The highest BCUT2D eigenvalue weighted by molar-refractivity contribution is 6.30. The van der Waals surface area contributed by atoms with Crippen LogP contribution in [0, 0.1) is 11.7 Å². The first kappa shape index (κ1) is 17.4. The monoisotopic (exact) mass is 301 g/mol. The smallest absolute Gasteiger partial charge is 0.141 e. The topological polar surface area (TPSA) is 21.3 Å². The summed E-state index contributed by atoms with van der Waals surface area (Å²) in [5.74, 6) is 0.0333. The minimum absolute atomic E-state index is 0.116. The molecule has 0 fully saturated rings. The van der Waals surface area contributed by atoms with E-state index in [0.29, 0.717) is 5.92 Å². The first-order valence-corrected chi connectivity index (χ1v) is 7.57. The lowest BCUT2D eigenvalue weighted by Crippen LogP contribution is -2.45. The number of methoxy groups -OCH3 is 1. The first-order valence-electron chi connectivity index (χ1n) is 7.19. The molecule has 1 N–H and O–H groups in total. The van der Waals surface area contributed by atoms with Crippen LogP contribution in [-0.2, 0) is 11.2 Å².